The van der Waals surface area contributed by atoms with Crippen LogP contribution in [0.1, 0.15) is 36.5 Å². The summed E-state index contributed by atoms with van der Waals surface area (Å²) in [6.45, 7) is 11.5. The molecule has 0 aliphatic heterocycles. The Morgan fingerprint density at radius 1 is 1.35 bits per heavy atom. The van der Waals surface area contributed by atoms with Crippen LogP contribution in [0.5, 0.6) is 0 Å². The van der Waals surface area contributed by atoms with Crippen LogP contribution in [0.4, 0.5) is 0 Å². The van der Waals surface area contributed by atoms with Crippen LogP contribution >= 0.6 is 0 Å². The van der Waals surface area contributed by atoms with Crippen LogP contribution < -0.4 is 5.32 Å². The van der Waals surface area contributed by atoms with Gasteiger partial charge < -0.3 is 5.32 Å². The Hall–Kier alpha value is -1.08. The van der Waals surface area contributed by atoms with E-state index in [9.17, 15) is 0 Å². The molecular weight excluding hydrogens is 206 g/mol. The Kier molecular flexibility index (Phi) is 5.99. The first-order valence-electron chi connectivity index (χ1n) is 6.57. The molecule has 0 fully saturated rings. The fourth-order valence-electron chi connectivity index (χ4n) is 2.07. The van der Waals surface area contributed by atoms with Crippen molar-refractivity contribution in [3.63, 3.8) is 0 Å². The van der Waals surface area contributed by atoms with Crippen molar-refractivity contribution >= 4 is 0 Å². The van der Waals surface area contributed by atoms with Crippen molar-refractivity contribution in [3.8, 4) is 0 Å². The molecule has 0 aliphatic rings. The number of nitrogens with one attached hydrogen (secondary N) is 1. The van der Waals surface area contributed by atoms with Crippen LogP contribution in [-0.4, -0.2) is 12.6 Å². The van der Waals surface area contributed by atoms with Gasteiger partial charge in [-0.15, -0.1) is 6.58 Å². The van der Waals surface area contributed by atoms with E-state index in [1.54, 1.807) is 0 Å². The first-order valence-corrected chi connectivity index (χ1v) is 6.57. The maximum Gasteiger partial charge on any atom is 0.0142 e. The maximum absolute atomic E-state index is 3.85. The molecule has 1 aromatic carbocycles. The fraction of sp³-hybridized carbons (Fsp3) is 0.500. The highest BCUT2D eigenvalue weighted by molar-refractivity contribution is 5.31. The van der Waals surface area contributed by atoms with E-state index in [1.807, 2.05) is 6.08 Å². The molecule has 1 N–H and O–H groups in total. The predicted molar refractivity (Wildman–Crippen MR) is 76.5 cm³/mol. The van der Waals surface area contributed by atoms with Gasteiger partial charge in [0, 0.05) is 6.04 Å². The third-order valence-corrected chi connectivity index (χ3v) is 3.11. The van der Waals surface area contributed by atoms with E-state index >= 15 is 0 Å². The smallest absolute Gasteiger partial charge is 0.0142 e. The van der Waals surface area contributed by atoms with E-state index in [4.69, 9.17) is 0 Å². The summed E-state index contributed by atoms with van der Waals surface area (Å²) in [5, 5.41) is 3.59. The molecule has 0 aliphatic carbocycles. The monoisotopic (exact) mass is 231 g/mol. The van der Waals surface area contributed by atoms with Gasteiger partial charge in [0.1, 0.15) is 0 Å². The molecule has 0 saturated carbocycles. The van der Waals surface area contributed by atoms with Crippen molar-refractivity contribution in [2.75, 3.05) is 6.54 Å². The number of rotatable bonds is 7. The second-order valence-electron chi connectivity index (χ2n) is 4.81. The summed E-state index contributed by atoms with van der Waals surface area (Å²) < 4.78 is 0. The minimum Gasteiger partial charge on any atom is -0.313 e. The molecule has 1 rings (SSSR count). The summed E-state index contributed by atoms with van der Waals surface area (Å²) in [6.07, 6.45) is 5.33. The van der Waals surface area contributed by atoms with Crippen LogP contribution in [0.15, 0.2) is 30.9 Å². The Morgan fingerprint density at radius 2 is 2.12 bits per heavy atom. The van der Waals surface area contributed by atoms with Gasteiger partial charge in [0.25, 0.3) is 0 Å². The zero-order valence-electron chi connectivity index (χ0n) is 11.4. The minimum atomic E-state index is 0.521. The zero-order chi connectivity index (χ0) is 12.7. The molecule has 17 heavy (non-hydrogen) atoms. The predicted octanol–water partition coefficient (Wildman–Crippen LogP) is 3.79. The van der Waals surface area contributed by atoms with Gasteiger partial charge in [-0.25, -0.2) is 0 Å². The molecule has 0 radical (unpaired) electrons. The second kappa shape index (κ2) is 7.29. The van der Waals surface area contributed by atoms with Crippen LogP contribution in [0.25, 0.3) is 0 Å². The average Bonchev–Trinajstić information content (AvgIpc) is 2.31. The van der Waals surface area contributed by atoms with Gasteiger partial charge in [-0.2, -0.15) is 0 Å². The van der Waals surface area contributed by atoms with Gasteiger partial charge in [-0.3, -0.25) is 0 Å². The van der Waals surface area contributed by atoms with Crippen LogP contribution in [0.3, 0.4) is 0 Å². The van der Waals surface area contributed by atoms with E-state index in [2.05, 4.69) is 50.9 Å². The van der Waals surface area contributed by atoms with Crippen molar-refractivity contribution in [2.24, 2.45) is 0 Å². The zero-order valence-corrected chi connectivity index (χ0v) is 11.4. The maximum atomic E-state index is 3.85. The van der Waals surface area contributed by atoms with Gasteiger partial charge in [0.05, 0.1) is 0 Å². The SMILES string of the molecule is C=CCC(Cc1cc(C)ccc1C)NCCC. The number of aryl methyl sites for hydroxylation is 2. The standard InChI is InChI=1S/C16H25N/c1-5-7-16(17-10-6-2)12-15-11-13(3)8-9-14(15)4/h5,8-9,11,16-17H,1,6-7,10,12H2,2-4H3. The molecule has 0 heterocycles. The third-order valence-electron chi connectivity index (χ3n) is 3.11. The Bertz CT molecular complexity index is 355. The minimum absolute atomic E-state index is 0.521. The summed E-state index contributed by atoms with van der Waals surface area (Å²) in [5.74, 6) is 0. The summed E-state index contributed by atoms with van der Waals surface area (Å²) in [6, 6.07) is 7.22. The molecule has 1 heteroatoms. The highest BCUT2D eigenvalue weighted by atomic mass is 14.9. The summed E-state index contributed by atoms with van der Waals surface area (Å²) in [7, 11) is 0. The molecule has 1 nitrogen and oxygen atoms in total. The molecule has 94 valence electrons. The molecule has 0 bridgehead atoms. The molecule has 0 aromatic heterocycles. The molecule has 1 unspecified atom stereocenters. The molecule has 0 saturated heterocycles. The highest BCUT2D eigenvalue weighted by Gasteiger charge is 2.08. The van der Waals surface area contributed by atoms with Crippen LogP contribution in [0.2, 0.25) is 0 Å². The normalized spacial score (nSPS) is 12.4. The lowest BCUT2D eigenvalue weighted by atomic mass is 9.97. The van der Waals surface area contributed by atoms with Crippen molar-refractivity contribution in [2.45, 2.75) is 46.1 Å². The number of hydrogen-bond acceptors (Lipinski definition) is 1. The summed E-state index contributed by atoms with van der Waals surface area (Å²) >= 11 is 0. The van der Waals surface area contributed by atoms with Crippen molar-refractivity contribution in [1.82, 2.24) is 5.32 Å². The number of benzene rings is 1. The Morgan fingerprint density at radius 3 is 2.76 bits per heavy atom. The van der Waals surface area contributed by atoms with Crippen LogP contribution in [-0.2, 0) is 6.42 Å². The number of hydrogen-bond donors (Lipinski definition) is 1. The Balaban J connectivity index is 2.70. The molecular formula is C16H25N. The Labute approximate surface area is 106 Å². The van der Waals surface area contributed by atoms with E-state index in [-0.39, 0.29) is 0 Å². The van der Waals surface area contributed by atoms with E-state index in [1.165, 1.54) is 23.1 Å². The van der Waals surface area contributed by atoms with Gasteiger partial charge >= 0.3 is 0 Å². The van der Waals surface area contributed by atoms with Gasteiger partial charge in [-0.05, 0) is 50.8 Å². The van der Waals surface area contributed by atoms with Gasteiger partial charge in [-0.1, -0.05) is 36.8 Å². The highest BCUT2D eigenvalue weighted by Crippen LogP contribution is 2.14. The summed E-state index contributed by atoms with van der Waals surface area (Å²) in [5.41, 5.74) is 4.20. The van der Waals surface area contributed by atoms with Crippen LogP contribution in [0, 0.1) is 13.8 Å². The van der Waals surface area contributed by atoms with Gasteiger partial charge in [0.2, 0.25) is 0 Å². The van der Waals surface area contributed by atoms with Crippen molar-refractivity contribution in [1.29, 1.82) is 0 Å². The lowest BCUT2D eigenvalue weighted by Gasteiger charge is -2.18. The fourth-order valence-corrected chi connectivity index (χ4v) is 2.07. The average molecular weight is 231 g/mol. The molecule has 0 spiro atoms. The topological polar surface area (TPSA) is 12.0 Å². The lowest BCUT2D eigenvalue weighted by Crippen LogP contribution is -2.31. The van der Waals surface area contributed by atoms with E-state index in [0.29, 0.717) is 6.04 Å². The first kappa shape index (κ1) is 14.0. The van der Waals surface area contributed by atoms with E-state index in [0.717, 1.165) is 19.4 Å². The van der Waals surface area contributed by atoms with E-state index < -0.39 is 0 Å². The third kappa shape index (κ3) is 4.74. The lowest BCUT2D eigenvalue weighted by molar-refractivity contribution is 0.511. The van der Waals surface area contributed by atoms with Crippen molar-refractivity contribution < 1.29 is 0 Å². The molecule has 1 aromatic rings. The van der Waals surface area contributed by atoms with Gasteiger partial charge in [0.15, 0.2) is 0 Å². The summed E-state index contributed by atoms with van der Waals surface area (Å²) in [4.78, 5) is 0. The largest absolute Gasteiger partial charge is 0.313 e. The molecule has 1 atom stereocenters. The second-order valence-corrected chi connectivity index (χ2v) is 4.81. The quantitative estimate of drug-likeness (QED) is 0.704. The van der Waals surface area contributed by atoms with Crippen molar-refractivity contribution in [3.05, 3.63) is 47.5 Å². The molecule has 0 amide bonds. The first-order chi connectivity index (χ1) is 8.17.